The summed E-state index contributed by atoms with van der Waals surface area (Å²) in [6.45, 7) is 1.30. The number of ketones is 1. The number of rotatable bonds is 5. The Morgan fingerprint density at radius 1 is 1.22 bits per heavy atom. The van der Waals surface area contributed by atoms with Crippen LogP contribution in [0.2, 0.25) is 0 Å². The lowest BCUT2D eigenvalue weighted by atomic mass is 9.96. The van der Waals surface area contributed by atoms with E-state index in [0.29, 0.717) is 0 Å². The molecule has 1 aliphatic rings. The Bertz CT molecular complexity index is 324. The lowest BCUT2D eigenvalue weighted by Gasteiger charge is -2.23. The molecule has 6 nitrogen and oxygen atoms in total. The van der Waals surface area contributed by atoms with Crippen LogP contribution in [0.5, 0.6) is 0 Å². The van der Waals surface area contributed by atoms with Crippen LogP contribution in [0.1, 0.15) is 45.4 Å². The van der Waals surface area contributed by atoms with E-state index in [4.69, 9.17) is 5.11 Å². The van der Waals surface area contributed by atoms with E-state index < -0.39 is 18.0 Å². The molecule has 1 aliphatic carbocycles. The number of carboxylic acids is 1. The first kappa shape index (κ1) is 14.5. The van der Waals surface area contributed by atoms with E-state index in [2.05, 4.69) is 10.6 Å². The van der Waals surface area contributed by atoms with Crippen molar-refractivity contribution in [2.24, 2.45) is 0 Å². The third kappa shape index (κ3) is 5.16. The lowest BCUT2D eigenvalue weighted by molar-refractivity contribution is -0.140. The van der Waals surface area contributed by atoms with E-state index in [1.165, 1.54) is 13.3 Å². The number of Topliss-reactive ketones (excluding diaryl/α,β-unsaturated/α-hetero) is 1. The second-order valence-corrected chi connectivity index (χ2v) is 4.75. The van der Waals surface area contributed by atoms with Crippen LogP contribution in [0.15, 0.2) is 0 Å². The topological polar surface area (TPSA) is 95.5 Å². The number of hydrogen-bond donors (Lipinski definition) is 3. The van der Waals surface area contributed by atoms with Gasteiger partial charge in [-0.05, 0) is 19.8 Å². The highest BCUT2D eigenvalue weighted by Crippen LogP contribution is 2.17. The summed E-state index contributed by atoms with van der Waals surface area (Å²) < 4.78 is 0. The van der Waals surface area contributed by atoms with Gasteiger partial charge in [0.1, 0.15) is 11.8 Å². The average molecular weight is 256 g/mol. The molecule has 0 aromatic heterocycles. The first-order valence-electron chi connectivity index (χ1n) is 6.28. The Labute approximate surface area is 106 Å². The summed E-state index contributed by atoms with van der Waals surface area (Å²) in [5.41, 5.74) is 0. The second kappa shape index (κ2) is 6.98. The van der Waals surface area contributed by atoms with Gasteiger partial charge in [0.2, 0.25) is 0 Å². The zero-order chi connectivity index (χ0) is 13.5. The molecular weight excluding hydrogens is 236 g/mol. The van der Waals surface area contributed by atoms with Gasteiger partial charge < -0.3 is 15.7 Å². The molecule has 1 atom stereocenters. The van der Waals surface area contributed by atoms with Crippen LogP contribution in [0.3, 0.4) is 0 Å². The number of carboxylic acid groups (broad SMARTS) is 1. The zero-order valence-corrected chi connectivity index (χ0v) is 10.6. The molecule has 1 rings (SSSR count). The number of carbonyl (C=O) groups excluding carboxylic acids is 2. The summed E-state index contributed by atoms with van der Waals surface area (Å²) in [6.07, 6.45) is 5.02. The van der Waals surface area contributed by atoms with E-state index in [1.807, 2.05) is 0 Å². The van der Waals surface area contributed by atoms with Gasteiger partial charge in [-0.1, -0.05) is 19.3 Å². The van der Waals surface area contributed by atoms with E-state index >= 15 is 0 Å². The summed E-state index contributed by atoms with van der Waals surface area (Å²) in [4.78, 5) is 33.4. The summed E-state index contributed by atoms with van der Waals surface area (Å²) in [6, 6.07) is -1.54. The molecule has 6 heteroatoms. The van der Waals surface area contributed by atoms with E-state index in [0.717, 1.165) is 25.7 Å². The largest absolute Gasteiger partial charge is 0.480 e. The molecule has 0 bridgehead atoms. The van der Waals surface area contributed by atoms with Gasteiger partial charge >= 0.3 is 12.0 Å². The Hall–Kier alpha value is -1.59. The minimum Gasteiger partial charge on any atom is -0.480 e. The van der Waals surface area contributed by atoms with Crippen LogP contribution in [-0.4, -0.2) is 35.0 Å². The van der Waals surface area contributed by atoms with Gasteiger partial charge in [-0.15, -0.1) is 0 Å². The van der Waals surface area contributed by atoms with Crippen molar-refractivity contribution in [1.82, 2.24) is 10.6 Å². The molecule has 102 valence electrons. The second-order valence-electron chi connectivity index (χ2n) is 4.75. The van der Waals surface area contributed by atoms with Crippen LogP contribution < -0.4 is 10.6 Å². The summed E-state index contributed by atoms with van der Waals surface area (Å²) >= 11 is 0. The summed E-state index contributed by atoms with van der Waals surface area (Å²) in [5.74, 6) is -1.45. The molecule has 1 fully saturated rings. The first-order chi connectivity index (χ1) is 8.49. The standard InChI is InChI=1S/C12H20N2O4/c1-8(15)7-10(11(16)17)14-12(18)13-9-5-3-2-4-6-9/h9-10H,2-7H2,1H3,(H,16,17)(H2,13,14,18). The fourth-order valence-electron chi connectivity index (χ4n) is 2.12. The molecule has 0 aromatic carbocycles. The molecule has 0 spiro atoms. The van der Waals surface area contributed by atoms with E-state index in [9.17, 15) is 14.4 Å². The fourth-order valence-corrected chi connectivity index (χ4v) is 2.12. The Kier molecular flexibility index (Phi) is 5.61. The highest BCUT2D eigenvalue weighted by molar-refractivity contribution is 5.88. The molecule has 18 heavy (non-hydrogen) atoms. The van der Waals surface area contributed by atoms with E-state index in [-0.39, 0.29) is 18.2 Å². The quantitative estimate of drug-likeness (QED) is 0.685. The smallest absolute Gasteiger partial charge is 0.326 e. The predicted octanol–water partition coefficient (Wildman–Crippen LogP) is 1.05. The van der Waals surface area contributed by atoms with Crippen LogP contribution in [0.4, 0.5) is 4.79 Å². The average Bonchev–Trinajstić information content (AvgIpc) is 2.28. The van der Waals surface area contributed by atoms with Gasteiger partial charge in [-0.2, -0.15) is 0 Å². The molecule has 0 heterocycles. The van der Waals surface area contributed by atoms with Gasteiger partial charge in [-0.25, -0.2) is 9.59 Å². The van der Waals surface area contributed by atoms with Crippen molar-refractivity contribution in [2.75, 3.05) is 0 Å². The van der Waals surface area contributed by atoms with Crippen molar-refractivity contribution < 1.29 is 19.5 Å². The molecular formula is C12H20N2O4. The van der Waals surface area contributed by atoms with Crippen LogP contribution in [0.25, 0.3) is 0 Å². The molecule has 0 aliphatic heterocycles. The summed E-state index contributed by atoms with van der Waals surface area (Å²) in [7, 11) is 0. The molecule has 2 amide bonds. The zero-order valence-electron chi connectivity index (χ0n) is 10.6. The highest BCUT2D eigenvalue weighted by atomic mass is 16.4. The number of amides is 2. The maximum Gasteiger partial charge on any atom is 0.326 e. The number of hydrogen-bond acceptors (Lipinski definition) is 3. The van der Waals surface area contributed by atoms with Crippen LogP contribution in [0, 0.1) is 0 Å². The van der Waals surface area contributed by atoms with E-state index in [1.54, 1.807) is 0 Å². The molecule has 1 saturated carbocycles. The first-order valence-corrected chi connectivity index (χ1v) is 6.28. The third-order valence-electron chi connectivity index (χ3n) is 3.04. The lowest BCUT2D eigenvalue weighted by Crippen LogP contribution is -2.49. The molecule has 1 unspecified atom stereocenters. The third-order valence-corrected chi connectivity index (χ3v) is 3.04. The monoisotopic (exact) mass is 256 g/mol. The van der Waals surface area contributed by atoms with Crippen molar-refractivity contribution >= 4 is 17.8 Å². The van der Waals surface area contributed by atoms with Gasteiger partial charge in [0, 0.05) is 12.5 Å². The number of carbonyl (C=O) groups is 3. The molecule has 0 radical (unpaired) electrons. The maximum atomic E-state index is 11.6. The van der Waals surface area contributed by atoms with Crippen molar-refractivity contribution in [2.45, 2.75) is 57.5 Å². The number of aliphatic carboxylic acids is 1. The minimum absolute atomic E-state index is 0.116. The molecule has 0 saturated heterocycles. The van der Waals surface area contributed by atoms with Gasteiger partial charge in [0.15, 0.2) is 0 Å². The minimum atomic E-state index is -1.19. The van der Waals surface area contributed by atoms with Gasteiger partial charge in [0.05, 0.1) is 0 Å². The number of urea groups is 1. The van der Waals surface area contributed by atoms with Crippen molar-refractivity contribution in [3.63, 3.8) is 0 Å². The predicted molar refractivity (Wildman–Crippen MR) is 65.3 cm³/mol. The Morgan fingerprint density at radius 3 is 2.33 bits per heavy atom. The SMILES string of the molecule is CC(=O)CC(NC(=O)NC1CCCCC1)C(=O)O. The Morgan fingerprint density at radius 2 is 1.83 bits per heavy atom. The maximum absolute atomic E-state index is 11.6. The summed E-state index contributed by atoms with van der Waals surface area (Å²) in [5, 5.41) is 14.0. The van der Waals surface area contributed by atoms with Gasteiger partial charge in [-0.3, -0.25) is 4.79 Å². The van der Waals surface area contributed by atoms with Crippen molar-refractivity contribution in [1.29, 1.82) is 0 Å². The normalized spacial score (nSPS) is 17.8. The van der Waals surface area contributed by atoms with Crippen molar-refractivity contribution in [3.05, 3.63) is 0 Å². The van der Waals surface area contributed by atoms with Crippen LogP contribution >= 0.6 is 0 Å². The molecule has 3 N–H and O–H groups in total. The number of nitrogens with one attached hydrogen (secondary N) is 2. The fraction of sp³-hybridized carbons (Fsp3) is 0.750. The van der Waals surface area contributed by atoms with Gasteiger partial charge in [0.25, 0.3) is 0 Å². The molecule has 0 aromatic rings. The Balaban J connectivity index is 2.40. The van der Waals surface area contributed by atoms with Crippen molar-refractivity contribution in [3.8, 4) is 0 Å². The van der Waals surface area contributed by atoms with Crippen LogP contribution in [-0.2, 0) is 9.59 Å². The highest BCUT2D eigenvalue weighted by Gasteiger charge is 2.23.